The molecule has 2 heterocycles. The van der Waals surface area contributed by atoms with Crippen molar-refractivity contribution in [2.45, 2.75) is 32.9 Å². The van der Waals surface area contributed by atoms with Gasteiger partial charge in [-0.15, -0.1) is 0 Å². The molecule has 20 heavy (non-hydrogen) atoms. The molecule has 0 aliphatic carbocycles. The molecule has 1 amide bonds. The molecule has 2 aliphatic heterocycles. The summed E-state index contributed by atoms with van der Waals surface area (Å²) >= 11 is 0. The average molecular weight is 281 g/mol. The summed E-state index contributed by atoms with van der Waals surface area (Å²) in [7, 11) is 1.24. The van der Waals surface area contributed by atoms with Crippen LogP contribution in [0.4, 0.5) is 0 Å². The van der Waals surface area contributed by atoms with Gasteiger partial charge in [0.1, 0.15) is 5.70 Å². The van der Waals surface area contributed by atoms with Gasteiger partial charge in [0.15, 0.2) is 0 Å². The van der Waals surface area contributed by atoms with E-state index >= 15 is 0 Å². The first-order chi connectivity index (χ1) is 9.45. The molecule has 4 atom stereocenters. The van der Waals surface area contributed by atoms with Crippen molar-refractivity contribution < 1.29 is 24.5 Å². The number of fused-ring (bicyclic) bond motifs is 1. The minimum atomic E-state index is -0.740. The third kappa shape index (κ3) is 1.96. The maximum Gasteiger partial charge on any atom is 0.389 e. The number of β-lactam (4-membered cyclic amide) rings is 1. The first kappa shape index (κ1) is 14.7. The Labute approximate surface area is 117 Å². The van der Waals surface area contributed by atoms with Gasteiger partial charge in [-0.3, -0.25) is 9.68 Å². The third-order valence-corrected chi connectivity index (χ3v) is 3.92. The van der Waals surface area contributed by atoms with Gasteiger partial charge in [0.2, 0.25) is 5.91 Å². The summed E-state index contributed by atoms with van der Waals surface area (Å²) in [5, 5.41) is 9.73. The van der Waals surface area contributed by atoms with E-state index in [2.05, 4.69) is 9.78 Å². The topological polar surface area (TPSA) is 76.1 Å². The first-order valence-corrected chi connectivity index (χ1v) is 6.58. The smallest absolute Gasteiger partial charge is 0.389 e. The zero-order chi connectivity index (χ0) is 15.0. The van der Waals surface area contributed by atoms with Crippen LogP contribution in [0.1, 0.15) is 20.8 Å². The summed E-state index contributed by atoms with van der Waals surface area (Å²) in [6.07, 6.45) is 2.86. The van der Waals surface area contributed by atoms with Crippen molar-refractivity contribution in [3.05, 3.63) is 23.4 Å². The Balaban J connectivity index is 2.40. The van der Waals surface area contributed by atoms with Crippen molar-refractivity contribution in [1.82, 2.24) is 4.90 Å². The predicted molar refractivity (Wildman–Crippen MR) is 69.9 cm³/mol. The molecular formula is C14H19NO5. The molecule has 0 saturated carbocycles. The molecule has 0 aromatic rings. The van der Waals surface area contributed by atoms with E-state index in [0.29, 0.717) is 0 Å². The van der Waals surface area contributed by atoms with Gasteiger partial charge in [-0.25, -0.2) is 4.79 Å². The number of rotatable bonds is 4. The Bertz CT molecular complexity index is 494. The maximum absolute atomic E-state index is 12.2. The molecule has 0 aromatic carbocycles. The van der Waals surface area contributed by atoms with E-state index in [9.17, 15) is 14.7 Å². The second-order valence-corrected chi connectivity index (χ2v) is 5.10. The summed E-state index contributed by atoms with van der Waals surface area (Å²) in [6.45, 7) is 5.36. The number of nitrogens with zero attached hydrogens (tertiary/aromatic N) is 1. The molecule has 2 aliphatic rings. The fourth-order valence-electron chi connectivity index (χ4n) is 3.10. The van der Waals surface area contributed by atoms with Crippen LogP contribution in [0.25, 0.3) is 0 Å². The van der Waals surface area contributed by atoms with Crippen LogP contribution in [0.2, 0.25) is 0 Å². The first-order valence-electron chi connectivity index (χ1n) is 6.58. The Kier molecular flexibility index (Phi) is 3.96. The minimum Gasteiger partial charge on any atom is -0.393 e. The van der Waals surface area contributed by atoms with Crippen LogP contribution >= 0.6 is 0 Å². The van der Waals surface area contributed by atoms with Crippen LogP contribution in [0.3, 0.4) is 0 Å². The number of carbonyl (C=O) groups is 2. The summed E-state index contributed by atoms with van der Waals surface area (Å²) in [6, 6.07) is -0.201. The number of hydrogen-bond acceptors (Lipinski definition) is 5. The van der Waals surface area contributed by atoms with Crippen molar-refractivity contribution in [2.75, 3.05) is 7.11 Å². The van der Waals surface area contributed by atoms with E-state index in [1.165, 1.54) is 12.0 Å². The van der Waals surface area contributed by atoms with Gasteiger partial charge in [-0.2, -0.15) is 4.89 Å². The summed E-state index contributed by atoms with van der Waals surface area (Å²) in [4.78, 5) is 34.5. The lowest BCUT2D eigenvalue weighted by molar-refractivity contribution is -0.252. The molecule has 0 spiro atoms. The average Bonchev–Trinajstić information content (AvgIpc) is 2.61. The standard InChI is InChI=1S/C14H19NO5/c1-5-6-9-7(2)11-10(8(3)16)13(17)15(11)12(9)14(18)20-19-4/h5-8,10-11,16H,1-4H3/b6-5+. The SMILES string of the molecule is C/C=C/C1=C(C(=O)OOC)N2C(=O)C(C(C)O)C2C1C. The van der Waals surface area contributed by atoms with Gasteiger partial charge in [0.05, 0.1) is 25.2 Å². The summed E-state index contributed by atoms with van der Waals surface area (Å²) < 4.78 is 0. The van der Waals surface area contributed by atoms with E-state index in [-0.39, 0.29) is 23.6 Å². The van der Waals surface area contributed by atoms with Gasteiger partial charge in [-0.1, -0.05) is 19.1 Å². The molecule has 0 bridgehead atoms. The van der Waals surface area contributed by atoms with Gasteiger partial charge in [-0.05, 0) is 19.4 Å². The molecule has 1 N–H and O–H groups in total. The molecule has 110 valence electrons. The number of amides is 1. The molecule has 0 radical (unpaired) electrons. The van der Waals surface area contributed by atoms with Crippen LogP contribution in [-0.2, 0) is 19.4 Å². The zero-order valence-corrected chi connectivity index (χ0v) is 12.0. The van der Waals surface area contributed by atoms with Crippen molar-refractivity contribution in [1.29, 1.82) is 0 Å². The molecule has 6 nitrogen and oxygen atoms in total. The molecule has 4 unspecified atom stereocenters. The Morgan fingerprint density at radius 2 is 2.15 bits per heavy atom. The third-order valence-electron chi connectivity index (χ3n) is 3.92. The van der Waals surface area contributed by atoms with Crippen molar-refractivity contribution in [3.8, 4) is 0 Å². The van der Waals surface area contributed by atoms with Crippen molar-refractivity contribution in [2.24, 2.45) is 11.8 Å². The Hall–Kier alpha value is -1.66. The lowest BCUT2D eigenvalue weighted by Gasteiger charge is -2.46. The number of carbonyl (C=O) groups excluding carboxylic acids is 2. The predicted octanol–water partition coefficient (Wildman–Crippen LogP) is 0.779. The van der Waals surface area contributed by atoms with Crippen LogP contribution in [0, 0.1) is 11.8 Å². The lowest BCUT2D eigenvalue weighted by atomic mass is 9.78. The highest BCUT2D eigenvalue weighted by atomic mass is 17.2. The van der Waals surface area contributed by atoms with E-state index < -0.39 is 18.0 Å². The molecule has 2 rings (SSSR count). The van der Waals surface area contributed by atoms with Crippen molar-refractivity contribution >= 4 is 11.9 Å². The number of aliphatic hydroxyl groups is 1. The number of aliphatic hydroxyl groups excluding tert-OH is 1. The van der Waals surface area contributed by atoms with Crippen LogP contribution in [0.5, 0.6) is 0 Å². The molecule has 1 fully saturated rings. The quantitative estimate of drug-likeness (QED) is 0.468. The summed E-state index contributed by atoms with van der Waals surface area (Å²) in [5.41, 5.74) is 0.945. The largest absolute Gasteiger partial charge is 0.393 e. The molecule has 1 saturated heterocycles. The van der Waals surface area contributed by atoms with E-state index in [1.807, 2.05) is 13.8 Å². The highest BCUT2D eigenvalue weighted by molar-refractivity contribution is 6.01. The second kappa shape index (κ2) is 5.38. The van der Waals surface area contributed by atoms with Crippen molar-refractivity contribution in [3.63, 3.8) is 0 Å². The van der Waals surface area contributed by atoms with Gasteiger partial charge < -0.3 is 10.0 Å². The second-order valence-electron chi connectivity index (χ2n) is 5.10. The van der Waals surface area contributed by atoms with Crippen LogP contribution in [-0.4, -0.2) is 41.1 Å². The monoisotopic (exact) mass is 281 g/mol. The van der Waals surface area contributed by atoms with Crippen LogP contribution in [0.15, 0.2) is 23.4 Å². The Morgan fingerprint density at radius 3 is 2.65 bits per heavy atom. The normalized spacial score (nSPS) is 30.6. The fraction of sp³-hybridized carbons (Fsp3) is 0.571. The molecule has 0 aromatic heterocycles. The summed E-state index contributed by atoms with van der Waals surface area (Å²) in [5.74, 6) is -1.45. The van der Waals surface area contributed by atoms with Gasteiger partial charge in [0.25, 0.3) is 0 Å². The molecular weight excluding hydrogens is 262 g/mol. The highest BCUT2D eigenvalue weighted by Crippen LogP contribution is 2.47. The van der Waals surface area contributed by atoms with E-state index in [4.69, 9.17) is 0 Å². The van der Waals surface area contributed by atoms with E-state index in [0.717, 1.165) is 5.57 Å². The molecule has 6 heteroatoms. The Morgan fingerprint density at radius 1 is 1.50 bits per heavy atom. The fourth-order valence-corrected chi connectivity index (χ4v) is 3.10. The van der Waals surface area contributed by atoms with Gasteiger partial charge in [0, 0.05) is 5.92 Å². The number of hydrogen-bond donors (Lipinski definition) is 1. The van der Waals surface area contributed by atoms with E-state index in [1.54, 1.807) is 19.1 Å². The zero-order valence-electron chi connectivity index (χ0n) is 12.0. The maximum atomic E-state index is 12.2. The highest BCUT2D eigenvalue weighted by Gasteiger charge is 2.59. The lowest BCUT2D eigenvalue weighted by Crippen LogP contribution is -2.63. The van der Waals surface area contributed by atoms with Gasteiger partial charge >= 0.3 is 5.97 Å². The number of allylic oxidation sites excluding steroid dienone is 2. The van der Waals surface area contributed by atoms with Crippen LogP contribution < -0.4 is 0 Å². The minimum absolute atomic E-state index is 0.0390.